The van der Waals surface area contributed by atoms with Gasteiger partial charge in [-0.15, -0.1) is 11.8 Å². The molecule has 0 radical (unpaired) electrons. The molecule has 2 heterocycles. The maximum Gasteiger partial charge on any atom is 0.0754 e. The van der Waals surface area contributed by atoms with E-state index in [0.29, 0.717) is 0 Å². The first kappa shape index (κ1) is 18.8. The van der Waals surface area contributed by atoms with Gasteiger partial charge in [-0.05, 0) is 61.5 Å². The highest BCUT2D eigenvalue weighted by atomic mass is 35.5. The number of aliphatic hydroxyl groups excluding tert-OH is 1. The highest BCUT2D eigenvalue weighted by Crippen LogP contribution is 2.30. The van der Waals surface area contributed by atoms with E-state index < -0.39 is 0 Å². The lowest BCUT2D eigenvalue weighted by Gasteiger charge is -2.30. The maximum absolute atomic E-state index is 10.0. The molecule has 1 atom stereocenters. The first-order valence-electron chi connectivity index (χ1n) is 9.26. The first-order valence-corrected chi connectivity index (χ1v) is 10.9. The summed E-state index contributed by atoms with van der Waals surface area (Å²) in [5, 5.41) is 11.9. The largest absolute Gasteiger partial charge is 0.392 e. The molecule has 1 fully saturated rings. The van der Waals surface area contributed by atoms with Gasteiger partial charge in [-0.25, -0.2) is 4.98 Å². The smallest absolute Gasteiger partial charge is 0.0754 e. The lowest BCUT2D eigenvalue weighted by atomic mass is 10.0. The molecule has 5 heteroatoms. The van der Waals surface area contributed by atoms with E-state index in [4.69, 9.17) is 16.6 Å². The Balaban J connectivity index is 1.78. The molecule has 1 N–H and O–H groups in total. The number of aromatic nitrogens is 1. The van der Waals surface area contributed by atoms with E-state index in [1.807, 2.05) is 24.3 Å². The van der Waals surface area contributed by atoms with Gasteiger partial charge in [0.15, 0.2) is 0 Å². The summed E-state index contributed by atoms with van der Waals surface area (Å²) >= 11 is 7.81. The van der Waals surface area contributed by atoms with Crippen LogP contribution in [0.1, 0.15) is 18.4 Å². The number of nitrogens with zero attached hydrogens (tertiary/aromatic N) is 2. The number of fused-ring (bicyclic) bond motifs is 1. The number of rotatable bonds is 4. The third-order valence-corrected chi connectivity index (χ3v) is 6.07. The Morgan fingerprint density at radius 3 is 2.74 bits per heavy atom. The number of β-amino-alcohol motifs (C(OH)–C–C–N with tert-alkyl or cyclic N) is 1. The van der Waals surface area contributed by atoms with Gasteiger partial charge < -0.3 is 5.11 Å². The van der Waals surface area contributed by atoms with Crippen LogP contribution in [-0.2, 0) is 6.54 Å². The predicted molar refractivity (Wildman–Crippen MR) is 114 cm³/mol. The lowest BCUT2D eigenvalue weighted by molar-refractivity contribution is 0.0669. The van der Waals surface area contributed by atoms with Gasteiger partial charge in [0.25, 0.3) is 0 Å². The van der Waals surface area contributed by atoms with E-state index in [9.17, 15) is 5.11 Å². The Hall–Kier alpha value is -1.59. The summed E-state index contributed by atoms with van der Waals surface area (Å²) in [5.41, 5.74) is 4.27. The van der Waals surface area contributed by atoms with Crippen LogP contribution in [0.4, 0.5) is 0 Å². The summed E-state index contributed by atoms with van der Waals surface area (Å²) in [7, 11) is 0. The highest BCUT2D eigenvalue weighted by Gasteiger charge is 2.20. The molecule has 1 aliphatic heterocycles. The Kier molecular flexibility index (Phi) is 5.69. The highest BCUT2D eigenvalue weighted by molar-refractivity contribution is 7.98. The number of thioether (sulfide) groups is 1. The monoisotopic (exact) mass is 398 g/mol. The molecular weight excluding hydrogens is 376 g/mol. The minimum atomic E-state index is -0.227. The van der Waals surface area contributed by atoms with E-state index in [0.717, 1.165) is 59.7 Å². The SMILES string of the molecule is CSc1ccc2cc(CN3CCC[C@H](O)C3)c(-c3ccc(Cl)cc3)nc2c1. The number of piperidine rings is 1. The van der Waals surface area contributed by atoms with Crippen molar-refractivity contribution in [2.24, 2.45) is 0 Å². The van der Waals surface area contributed by atoms with E-state index in [1.54, 1.807) is 11.8 Å². The van der Waals surface area contributed by atoms with Crippen molar-refractivity contribution >= 4 is 34.3 Å². The Morgan fingerprint density at radius 1 is 1.19 bits per heavy atom. The number of likely N-dealkylation sites (tertiary alicyclic amines) is 1. The quantitative estimate of drug-likeness (QED) is 0.610. The summed E-state index contributed by atoms with van der Waals surface area (Å²) in [6.45, 7) is 2.53. The number of pyridine rings is 1. The van der Waals surface area contributed by atoms with Crippen molar-refractivity contribution in [2.75, 3.05) is 19.3 Å². The van der Waals surface area contributed by atoms with Crippen LogP contribution in [0, 0.1) is 0 Å². The van der Waals surface area contributed by atoms with Gasteiger partial charge in [-0.2, -0.15) is 0 Å². The Labute approximate surface area is 169 Å². The van der Waals surface area contributed by atoms with Crippen molar-refractivity contribution < 1.29 is 5.11 Å². The van der Waals surface area contributed by atoms with Gasteiger partial charge in [0.05, 0.1) is 17.3 Å². The minimum Gasteiger partial charge on any atom is -0.392 e. The second-order valence-corrected chi connectivity index (χ2v) is 8.41. The fraction of sp³-hybridized carbons (Fsp3) is 0.318. The third-order valence-electron chi connectivity index (χ3n) is 5.10. The van der Waals surface area contributed by atoms with E-state index in [2.05, 4.69) is 35.4 Å². The van der Waals surface area contributed by atoms with Crippen LogP contribution >= 0.6 is 23.4 Å². The molecule has 0 bridgehead atoms. The van der Waals surface area contributed by atoms with E-state index >= 15 is 0 Å². The van der Waals surface area contributed by atoms with Crippen LogP contribution in [-0.4, -0.2) is 40.4 Å². The zero-order valence-corrected chi connectivity index (χ0v) is 16.9. The summed E-state index contributed by atoms with van der Waals surface area (Å²) in [5.74, 6) is 0. The summed E-state index contributed by atoms with van der Waals surface area (Å²) in [6.07, 6.45) is 3.79. The number of hydrogen-bond acceptors (Lipinski definition) is 4. The second-order valence-electron chi connectivity index (χ2n) is 7.09. The van der Waals surface area contributed by atoms with Crippen LogP contribution in [0.15, 0.2) is 53.4 Å². The van der Waals surface area contributed by atoms with Crippen molar-refractivity contribution in [3.63, 3.8) is 0 Å². The van der Waals surface area contributed by atoms with Crippen LogP contribution in [0.5, 0.6) is 0 Å². The number of halogens is 1. The van der Waals surface area contributed by atoms with E-state index in [-0.39, 0.29) is 6.10 Å². The zero-order valence-electron chi connectivity index (χ0n) is 15.4. The predicted octanol–water partition coefficient (Wildman–Crippen LogP) is 5.23. The van der Waals surface area contributed by atoms with Crippen molar-refractivity contribution in [3.05, 3.63) is 59.1 Å². The molecule has 0 amide bonds. The molecule has 140 valence electrons. The molecule has 0 spiro atoms. The Morgan fingerprint density at radius 2 is 2.00 bits per heavy atom. The normalized spacial score (nSPS) is 18.1. The van der Waals surface area contributed by atoms with Gasteiger partial charge in [-0.3, -0.25) is 4.90 Å². The molecule has 4 rings (SSSR count). The molecule has 1 saturated heterocycles. The second kappa shape index (κ2) is 8.19. The topological polar surface area (TPSA) is 36.4 Å². The molecular formula is C22H23ClN2OS. The van der Waals surface area contributed by atoms with Crippen molar-refractivity contribution in [3.8, 4) is 11.3 Å². The molecule has 3 nitrogen and oxygen atoms in total. The van der Waals surface area contributed by atoms with Crippen LogP contribution in [0.2, 0.25) is 5.02 Å². The summed E-state index contributed by atoms with van der Waals surface area (Å²) in [6, 6.07) is 16.6. The molecule has 0 unspecified atom stereocenters. The third kappa shape index (κ3) is 4.30. The molecule has 1 aliphatic rings. The molecule has 27 heavy (non-hydrogen) atoms. The van der Waals surface area contributed by atoms with Gasteiger partial charge in [0.2, 0.25) is 0 Å². The molecule has 3 aromatic rings. The molecule has 2 aromatic carbocycles. The number of aliphatic hydroxyl groups is 1. The average Bonchev–Trinajstić information content (AvgIpc) is 2.68. The fourth-order valence-corrected chi connectivity index (χ4v) is 4.27. The van der Waals surface area contributed by atoms with Crippen LogP contribution in [0.3, 0.4) is 0 Å². The standard InChI is InChI=1S/C22H23ClN2OS/c1-27-20-9-6-16-11-17(13-25-10-2-3-19(26)14-25)22(24-21(16)12-20)15-4-7-18(23)8-5-15/h4-9,11-12,19,26H,2-3,10,13-14H2,1H3/t19-/m0/s1. The van der Waals surface area contributed by atoms with Crippen molar-refractivity contribution in [1.29, 1.82) is 0 Å². The summed E-state index contributed by atoms with van der Waals surface area (Å²) < 4.78 is 0. The van der Waals surface area contributed by atoms with Gasteiger partial charge in [-0.1, -0.05) is 29.8 Å². The van der Waals surface area contributed by atoms with Crippen LogP contribution < -0.4 is 0 Å². The maximum atomic E-state index is 10.0. The molecule has 0 saturated carbocycles. The minimum absolute atomic E-state index is 0.227. The first-order chi connectivity index (χ1) is 13.1. The average molecular weight is 399 g/mol. The Bertz CT molecular complexity index is 945. The number of benzene rings is 2. The molecule has 0 aliphatic carbocycles. The molecule has 1 aromatic heterocycles. The number of hydrogen-bond donors (Lipinski definition) is 1. The van der Waals surface area contributed by atoms with Crippen molar-refractivity contribution in [2.45, 2.75) is 30.4 Å². The van der Waals surface area contributed by atoms with Gasteiger partial charge in [0, 0.05) is 34.0 Å². The fourth-order valence-electron chi connectivity index (χ4n) is 3.71. The van der Waals surface area contributed by atoms with E-state index in [1.165, 1.54) is 10.5 Å². The van der Waals surface area contributed by atoms with Crippen molar-refractivity contribution in [1.82, 2.24) is 9.88 Å². The van der Waals surface area contributed by atoms with Gasteiger partial charge >= 0.3 is 0 Å². The zero-order chi connectivity index (χ0) is 18.8. The summed E-state index contributed by atoms with van der Waals surface area (Å²) in [4.78, 5) is 8.56. The van der Waals surface area contributed by atoms with Crippen LogP contribution in [0.25, 0.3) is 22.2 Å². The lowest BCUT2D eigenvalue weighted by Crippen LogP contribution is -2.37. The van der Waals surface area contributed by atoms with Gasteiger partial charge in [0.1, 0.15) is 0 Å².